The van der Waals surface area contributed by atoms with E-state index in [2.05, 4.69) is 0 Å². The molecule has 0 bridgehead atoms. The van der Waals surface area contributed by atoms with Crippen molar-refractivity contribution in [2.24, 2.45) is 0 Å². The Kier molecular flexibility index (Phi) is 4.55. The molecule has 68 valence electrons. The molecule has 0 saturated heterocycles. The average Bonchev–Trinajstić information content (AvgIpc) is 1.53. The molecule has 0 heterocycles. The van der Waals surface area contributed by atoms with Crippen LogP contribution in [0, 0.1) is 0 Å². The molecule has 0 spiro atoms. The Hall–Kier alpha value is 0.367. The molecule has 0 rings (SSSR count). The van der Waals surface area contributed by atoms with Crippen LogP contribution in [-0.4, -0.2) is 14.4 Å². The van der Waals surface area contributed by atoms with Crippen molar-refractivity contribution in [3.8, 4) is 0 Å². The summed E-state index contributed by atoms with van der Waals surface area (Å²) in [5.74, 6) is 0. The molecule has 0 saturated carbocycles. The summed E-state index contributed by atoms with van der Waals surface area (Å²) in [5.41, 5.74) is 0. The number of hydrogen-bond acceptors (Lipinski definition) is 3. The van der Waals surface area contributed by atoms with E-state index in [0.717, 1.165) is 0 Å². The van der Waals surface area contributed by atoms with Gasteiger partial charge in [0.05, 0.1) is 6.10 Å². The monoisotopic (exact) mass is 196 g/mol. The van der Waals surface area contributed by atoms with E-state index in [1.54, 1.807) is 0 Å². The first-order valence-electron chi connectivity index (χ1n) is 3.71. The Balaban J connectivity index is 3.71. The maximum atomic E-state index is 11.0. The summed E-state index contributed by atoms with van der Waals surface area (Å²) in [7, 11) is -3.91. The van der Waals surface area contributed by atoms with Crippen molar-refractivity contribution in [3.63, 3.8) is 0 Å². The quantitative estimate of drug-likeness (QED) is 0.512. The fourth-order valence-electron chi connectivity index (χ4n) is 0.467. The molecule has 0 aliphatic carbocycles. The van der Waals surface area contributed by atoms with Crippen LogP contribution >= 0.6 is 8.25 Å². The molecule has 11 heavy (non-hydrogen) atoms. The Morgan fingerprint density at radius 2 is 1.73 bits per heavy atom. The highest BCUT2D eigenvalue weighted by atomic mass is 31.1. The highest BCUT2D eigenvalue weighted by Gasteiger charge is 2.18. The van der Waals surface area contributed by atoms with E-state index in [4.69, 9.17) is 8.74 Å². The van der Waals surface area contributed by atoms with Crippen LogP contribution in [0.2, 0.25) is 19.6 Å². The Morgan fingerprint density at radius 3 is 2.00 bits per heavy atom. The normalized spacial score (nSPS) is 15.5. The van der Waals surface area contributed by atoms with Crippen molar-refractivity contribution in [2.45, 2.75) is 39.6 Å². The van der Waals surface area contributed by atoms with Crippen LogP contribution in [0.15, 0.2) is 0 Å². The Morgan fingerprint density at radius 1 is 1.27 bits per heavy atom. The third kappa shape index (κ3) is 8.27. The molecule has 0 radical (unpaired) electrons. The second kappa shape index (κ2) is 4.41. The molecule has 1 unspecified atom stereocenters. The van der Waals surface area contributed by atoms with E-state index < -0.39 is 16.6 Å². The Bertz CT molecular complexity index is 141. The molecule has 0 amide bonds. The molecule has 0 aromatic heterocycles. The molecule has 0 N–H and O–H groups in total. The molecule has 0 aromatic carbocycles. The molecular formula is C6H17O3PSi. The number of rotatable bonds is 4. The minimum atomic E-state index is -2.23. The maximum Gasteiger partial charge on any atom is 0.309 e. The molecule has 3 nitrogen and oxygen atoms in total. The number of hydrogen-bond donors (Lipinski definition) is 0. The van der Waals surface area contributed by atoms with Gasteiger partial charge in [0, 0.05) is 0 Å². The predicted octanol–water partition coefficient (Wildman–Crippen LogP) is 2.65. The summed E-state index contributed by atoms with van der Waals surface area (Å²) in [6.45, 7) is 9.64. The summed E-state index contributed by atoms with van der Waals surface area (Å²) in [5, 5.41) is 0. The van der Waals surface area contributed by atoms with Crippen molar-refractivity contribution >= 4 is 16.6 Å². The lowest BCUT2D eigenvalue weighted by Crippen LogP contribution is -2.21. The third-order valence-electron chi connectivity index (χ3n) is 0.721. The predicted molar refractivity (Wildman–Crippen MR) is 49.7 cm³/mol. The van der Waals surface area contributed by atoms with Gasteiger partial charge in [0.15, 0.2) is 8.32 Å². The minimum absolute atomic E-state index is 0.0160. The van der Waals surface area contributed by atoms with Crippen molar-refractivity contribution in [1.82, 2.24) is 0 Å². The molecule has 0 aromatic rings. The van der Waals surface area contributed by atoms with Gasteiger partial charge in [-0.2, -0.15) is 0 Å². The summed E-state index contributed by atoms with van der Waals surface area (Å²) in [6, 6.07) is 0. The summed E-state index contributed by atoms with van der Waals surface area (Å²) in [6.07, 6.45) is -0.0160. The van der Waals surface area contributed by atoms with E-state index >= 15 is 0 Å². The maximum absolute atomic E-state index is 11.0. The zero-order valence-corrected chi connectivity index (χ0v) is 9.80. The first kappa shape index (κ1) is 11.4. The topological polar surface area (TPSA) is 35.5 Å². The van der Waals surface area contributed by atoms with Crippen molar-refractivity contribution in [2.75, 3.05) is 0 Å². The summed E-state index contributed by atoms with van der Waals surface area (Å²) < 4.78 is 21.2. The molecule has 0 fully saturated rings. The molecule has 0 aliphatic rings. The first-order chi connectivity index (χ1) is 4.81. The SMILES string of the molecule is CC(C)O[PH](=O)O[Si](C)(C)C. The zero-order chi connectivity index (χ0) is 9.07. The van der Waals surface area contributed by atoms with E-state index in [0.29, 0.717) is 0 Å². The first-order valence-corrected chi connectivity index (χ1v) is 8.34. The van der Waals surface area contributed by atoms with Crippen LogP contribution in [-0.2, 0) is 13.3 Å². The van der Waals surface area contributed by atoms with Crippen LogP contribution in [0.5, 0.6) is 0 Å². The van der Waals surface area contributed by atoms with Crippen LogP contribution in [0.4, 0.5) is 0 Å². The fourth-order valence-corrected chi connectivity index (χ4v) is 3.04. The van der Waals surface area contributed by atoms with Gasteiger partial charge in [-0.1, -0.05) is 0 Å². The molecular weight excluding hydrogens is 179 g/mol. The van der Waals surface area contributed by atoms with Gasteiger partial charge in [0.1, 0.15) is 0 Å². The van der Waals surface area contributed by atoms with Crippen LogP contribution in [0.3, 0.4) is 0 Å². The summed E-state index contributed by atoms with van der Waals surface area (Å²) in [4.78, 5) is 0. The van der Waals surface area contributed by atoms with Gasteiger partial charge >= 0.3 is 8.25 Å². The van der Waals surface area contributed by atoms with Crippen LogP contribution in [0.1, 0.15) is 13.8 Å². The van der Waals surface area contributed by atoms with Gasteiger partial charge in [-0.25, -0.2) is 0 Å². The van der Waals surface area contributed by atoms with Gasteiger partial charge in [0.2, 0.25) is 0 Å². The van der Waals surface area contributed by atoms with Crippen LogP contribution < -0.4 is 0 Å². The van der Waals surface area contributed by atoms with E-state index in [-0.39, 0.29) is 6.10 Å². The third-order valence-corrected chi connectivity index (χ3v) is 4.50. The highest BCUT2D eigenvalue weighted by molar-refractivity contribution is 7.35. The second-order valence-electron chi connectivity index (χ2n) is 3.63. The van der Waals surface area contributed by atoms with Crippen LogP contribution in [0.25, 0.3) is 0 Å². The average molecular weight is 196 g/mol. The van der Waals surface area contributed by atoms with Crippen molar-refractivity contribution in [1.29, 1.82) is 0 Å². The van der Waals surface area contributed by atoms with Gasteiger partial charge in [-0.05, 0) is 33.5 Å². The minimum Gasteiger partial charge on any atom is -0.353 e. The molecule has 1 atom stereocenters. The molecule has 5 heteroatoms. The largest absolute Gasteiger partial charge is 0.353 e. The fraction of sp³-hybridized carbons (Fsp3) is 1.00. The van der Waals surface area contributed by atoms with Gasteiger partial charge in [0.25, 0.3) is 0 Å². The summed E-state index contributed by atoms with van der Waals surface area (Å²) >= 11 is 0. The standard InChI is InChI=1S/C6H17O3PSi/c1-6(2)8-10(7)9-11(3,4)5/h6,10H,1-5H3. The van der Waals surface area contributed by atoms with Gasteiger partial charge in [-0.3, -0.25) is 4.57 Å². The highest BCUT2D eigenvalue weighted by Crippen LogP contribution is 2.30. The lowest BCUT2D eigenvalue weighted by molar-refractivity contribution is 0.225. The molecule has 0 aliphatic heterocycles. The lowest BCUT2D eigenvalue weighted by Gasteiger charge is -2.17. The van der Waals surface area contributed by atoms with E-state index in [9.17, 15) is 4.57 Å². The van der Waals surface area contributed by atoms with E-state index in [1.165, 1.54) is 0 Å². The van der Waals surface area contributed by atoms with Gasteiger partial charge < -0.3 is 8.74 Å². The Labute approximate surface area is 70.2 Å². The van der Waals surface area contributed by atoms with Crippen molar-refractivity contribution < 1.29 is 13.3 Å². The second-order valence-corrected chi connectivity index (χ2v) is 9.41. The zero-order valence-electron chi connectivity index (χ0n) is 7.80. The smallest absolute Gasteiger partial charge is 0.309 e. The van der Waals surface area contributed by atoms with Gasteiger partial charge in [-0.15, -0.1) is 0 Å². The van der Waals surface area contributed by atoms with Crippen molar-refractivity contribution in [3.05, 3.63) is 0 Å². The van der Waals surface area contributed by atoms with E-state index in [1.807, 2.05) is 33.5 Å². The lowest BCUT2D eigenvalue weighted by atomic mass is 10.5.